The summed E-state index contributed by atoms with van der Waals surface area (Å²) < 4.78 is 5.19. The fraction of sp³-hybridized carbons (Fsp3) is 0.250. The minimum atomic E-state index is -0.275. The van der Waals surface area contributed by atoms with E-state index in [1.165, 1.54) is 7.11 Å². The van der Waals surface area contributed by atoms with Gasteiger partial charge < -0.3 is 14.9 Å². The second kappa shape index (κ2) is 3.64. The van der Waals surface area contributed by atoms with Gasteiger partial charge in [0.2, 0.25) is 0 Å². The Balaban J connectivity index is 3.56. The highest BCUT2D eigenvalue weighted by Gasteiger charge is 2.18. The van der Waals surface area contributed by atoms with Gasteiger partial charge in [-0.2, -0.15) is 0 Å². The van der Waals surface area contributed by atoms with E-state index in [1.807, 2.05) is 0 Å². The highest BCUT2D eigenvalue weighted by molar-refractivity contribution is 9.10. The van der Waals surface area contributed by atoms with Crippen molar-refractivity contribution in [1.82, 2.24) is 0 Å². The largest absolute Gasteiger partial charge is 0.504 e. The van der Waals surface area contributed by atoms with Gasteiger partial charge in [-0.15, -0.1) is 0 Å². The normalized spacial score (nSPS) is 10.2. The van der Waals surface area contributed by atoms with Crippen molar-refractivity contribution in [2.75, 3.05) is 7.11 Å². The smallest absolute Gasteiger partial charge is 0.174 e. The van der Waals surface area contributed by atoms with Crippen molar-refractivity contribution in [3.8, 4) is 17.2 Å². The van der Waals surface area contributed by atoms with Crippen LogP contribution in [-0.2, 0) is 0 Å². The summed E-state index contributed by atoms with van der Waals surface area (Å²) in [5, 5.41) is 19.0. The van der Waals surface area contributed by atoms with E-state index < -0.39 is 0 Å². The SMILES string of the molecule is COc1c(C)c(O)c(O)c(Br)c1Cl. The molecule has 0 saturated heterocycles. The molecule has 0 atom stereocenters. The molecular formula is C8H8BrClO3. The molecule has 0 spiro atoms. The number of phenolic OH excluding ortho intramolecular Hbond substituents is 2. The van der Waals surface area contributed by atoms with Crippen LogP contribution in [0.4, 0.5) is 0 Å². The monoisotopic (exact) mass is 266 g/mol. The summed E-state index contributed by atoms with van der Waals surface area (Å²) in [6.45, 7) is 1.60. The molecule has 0 radical (unpaired) electrons. The third-order valence-electron chi connectivity index (χ3n) is 1.72. The number of aromatic hydroxyl groups is 2. The maximum atomic E-state index is 9.40. The highest BCUT2D eigenvalue weighted by Crippen LogP contribution is 2.47. The average Bonchev–Trinajstić information content (AvgIpc) is 2.13. The summed E-state index contributed by atoms with van der Waals surface area (Å²) in [5.74, 6) is -0.153. The number of halogens is 2. The van der Waals surface area contributed by atoms with Crippen LogP contribution in [0.15, 0.2) is 4.47 Å². The molecule has 0 aliphatic carbocycles. The maximum absolute atomic E-state index is 9.40. The number of rotatable bonds is 1. The molecule has 0 amide bonds. The molecule has 0 fully saturated rings. The Hall–Kier alpha value is -0.610. The number of hydrogen-bond donors (Lipinski definition) is 2. The van der Waals surface area contributed by atoms with E-state index in [9.17, 15) is 10.2 Å². The molecule has 0 aromatic heterocycles. The fourth-order valence-electron chi connectivity index (χ4n) is 1.00. The topological polar surface area (TPSA) is 49.7 Å². The first-order valence-corrected chi connectivity index (χ1v) is 4.61. The van der Waals surface area contributed by atoms with Gasteiger partial charge in [-0.25, -0.2) is 0 Å². The number of phenols is 2. The van der Waals surface area contributed by atoms with Crippen molar-refractivity contribution in [2.24, 2.45) is 0 Å². The first-order chi connectivity index (χ1) is 6.00. The Bertz CT molecular complexity index is 323. The zero-order valence-corrected chi connectivity index (χ0v) is 9.40. The van der Waals surface area contributed by atoms with Crippen molar-refractivity contribution in [2.45, 2.75) is 6.92 Å². The van der Waals surface area contributed by atoms with Gasteiger partial charge >= 0.3 is 0 Å². The standard InChI is InChI=1S/C8H8BrClO3/c1-3-6(11)7(12)4(9)5(10)8(3)13-2/h11-12H,1-2H3. The van der Waals surface area contributed by atoms with Gasteiger partial charge in [0.05, 0.1) is 11.6 Å². The maximum Gasteiger partial charge on any atom is 0.174 e. The molecule has 0 saturated carbocycles. The van der Waals surface area contributed by atoms with E-state index in [-0.39, 0.29) is 21.0 Å². The fourth-order valence-corrected chi connectivity index (χ4v) is 1.68. The Morgan fingerprint density at radius 3 is 2.31 bits per heavy atom. The van der Waals surface area contributed by atoms with E-state index in [0.29, 0.717) is 11.3 Å². The number of ether oxygens (including phenoxy) is 1. The Morgan fingerprint density at radius 1 is 1.31 bits per heavy atom. The van der Waals surface area contributed by atoms with Crippen LogP contribution in [0.1, 0.15) is 5.56 Å². The molecule has 0 unspecified atom stereocenters. The van der Waals surface area contributed by atoms with Crippen LogP contribution in [0, 0.1) is 6.92 Å². The van der Waals surface area contributed by atoms with Crippen molar-refractivity contribution >= 4 is 27.5 Å². The summed E-state index contributed by atoms with van der Waals surface area (Å²) in [4.78, 5) is 0. The van der Waals surface area contributed by atoms with Gasteiger partial charge in [-0.1, -0.05) is 11.6 Å². The molecule has 1 aromatic rings. The van der Waals surface area contributed by atoms with Crippen molar-refractivity contribution in [1.29, 1.82) is 0 Å². The molecule has 1 aromatic carbocycles. The van der Waals surface area contributed by atoms with Crippen LogP contribution in [0.5, 0.6) is 17.2 Å². The summed E-state index contributed by atoms with van der Waals surface area (Å²) in [5.41, 5.74) is 0.410. The molecule has 0 aliphatic rings. The van der Waals surface area contributed by atoms with Crippen LogP contribution in [-0.4, -0.2) is 17.3 Å². The Morgan fingerprint density at radius 2 is 1.85 bits per heavy atom. The molecule has 0 aliphatic heterocycles. The quantitative estimate of drug-likeness (QED) is 0.769. The predicted octanol–water partition coefficient (Wildman–Crippen LogP) is 2.83. The minimum absolute atomic E-state index is 0.229. The molecule has 2 N–H and O–H groups in total. The van der Waals surface area contributed by atoms with Gasteiger partial charge in [0.25, 0.3) is 0 Å². The first-order valence-electron chi connectivity index (χ1n) is 3.44. The van der Waals surface area contributed by atoms with Crippen molar-refractivity contribution < 1.29 is 14.9 Å². The second-order valence-electron chi connectivity index (χ2n) is 2.48. The van der Waals surface area contributed by atoms with Gasteiger partial charge in [0.15, 0.2) is 11.5 Å². The molecule has 0 heterocycles. The van der Waals surface area contributed by atoms with E-state index >= 15 is 0 Å². The van der Waals surface area contributed by atoms with E-state index in [2.05, 4.69) is 15.9 Å². The third kappa shape index (κ3) is 1.56. The summed E-state index contributed by atoms with van der Waals surface area (Å²) >= 11 is 8.87. The number of benzene rings is 1. The van der Waals surface area contributed by atoms with E-state index in [1.54, 1.807) is 6.92 Å². The van der Waals surface area contributed by atoms with Crippen molar-refractivity contribution in [3.05, 3.63) is 15.1 Å². The lowest BCUT2D eigenvalue weighted by molar-refractivity contribution is 0.379. The zero-order valence-electron chi connectivity index (χ0n) is 7.06. The summed E-state index contributed by atoms with van der Waals surface area (Å²) in [6.07, 6.45) is 0. The van der Waals surface area contributed by atoms with Gasteiger partial charge in [0, 0.05) is 5.56 Å². The van der Waals surface area contributed by atoms with Crippen molar-refractivity contribution in [3.63, 3.8) is 0 Å². The van der Waals surface area contributed by atoms with E-state index in [4.69, 9.17) is 16.3 Å². The van der Waals surface area contributed by atoms with Gasteiger partial charge in [0.1, 0.15) is 10.8 Å². The lowest BCUT2D eigenvalue weighted by Gasteiger charge is -2.11. The Labute approximate surface area is 89.0 Å². The summed E-state index contributed by atoms with van der Waals surface area (Å²) in [6, 6.07) is 0. The van der Waals surface area contributed by atoms with Crippen LogP contribution in [0.2, 0.25) is 5.02 Å². The average molecular weight is 268 g/mol. The Kier molecular flexibility index (Phi) is 2.93. The van der Waals surface area contributed by atoms with Gasteiger partial charge in [-0.3, -0.25) is 0 Å². The molecule has 72 valence electrons. The molecule has 1 rings (SSSR count). The highest BCUT2D eigenvalue weighted by atomic mass is 79.9. The van der Waals surface area contributed by atoms with E-state index in [0.717, 1.165) is 0 Å². The molecule has 5 heteroatoms. The number of hydrogen-bond acceptors (Lipinski definition) is 3. The molecule has 0 bridgehead atoms. The zero-order chi connectivity index (χ0) is 10.2. The molecule has 3 nitrogen and oxygen atoms in total. The third-order valence-corrected chi connectivity index (χ3v) is 3.09. The molecule has 13 heavy (non-hydrogen) atoms. The summed E-state index contributed by atoms with van der Waals surface area (Å²) in [7, 11) is 1.44. The lowest BCUT2D eigenvalue weighted by atomic mass is 10.2. The van der Waals surface area contributed by atoms with Crippen LogP contribution < -0.4 is 4.74 Å². The second-order valence-corrected chi connectivity index (χ2v) is 3.65. The van der Waals surface area contributed by atoms with Crippen LogP contribution in [0.25, 0.3) is 0 Å². The number of methoxy groups -OCH3 is 1. The predicted molar refractivity (Wildman–Crippen MR) is 53.8 cm³/mol. The first kappa shape index (κ1) is 10.5. The lowest BCUT2D eigenvalue weighted by Crippen LogP contribution is -1.90. The van der Waals surface area contributed by atoms with Gasteiger partial charge in [-0.05, 0) is 22.9 Å². The molecular weight excluding hydrogens is 259 g/mol. The minimum Gasteiger partial charge on any atom is -0.504 e. The van der Waals surface area contributed by atoms with Crippen LogP contribution in [0.3, 0.4) is 0 Å². The van der Waals surface area contributed by atoms with Crippen LogP contribution >= 0.6 is 27.5 Å².